The Morgan fingerprint density at radius 2 is 2.00 bits per heavy atom. The summed E-state index contributed by atoms with van der Waals surface area (Å²) in [6, 6.07) is 4.14. The van der Waals surface area contributed by atoms with Crippen LogP contribution in [-0.2, 0) is 0 Å². The molecule has 0 saturated carbocycles. The van der Waals surface area contributed by atoms with Crippen molar-refractivity contribution in [3.63, 3.8) is 0 Å². The van der Waals surface area contributed by atoms with Gasteiger partial charge in [-0.3, -0.25) is 0 Å². The highest BCUT2D eigenvalue weighted by molar-refractivity contribution is 7.18. The number of nitrogens with zero attached hydrogens (tertiary/aromatic N) is 2. The van der Waals surface area contributed by atoms with Crippen LogP contribution in [0.3, 0.4) is 0 Å². The van der Waals surface area contributed by atoms with Crippen LogP contribution in [0, 0.1) is 13.8 Å². The molecule has 0 atom stereocenters. The lowest BCUT2D eigenvalue weighted by Crippen LogP contribution is -1.94. The van der Waals surface area contributed by atoms with E-state index in [1.54, 1.807) is 18.4 Å². The van der Waals surface area contributed by atoms with Crippen LogP contribution in [0.1, 0.15) is 18.1 Å². The van der Waals surface area contributed by atoms with Gasteiger partial charge in [-0.15, -0.1) is 10.2 Å². The molecule has 4 nitrogen and oxygen atoms in total. The number of aryl methyl sites for hydroxylation is 2. The van der Waals surface area contributed by atoms with Crippen molar-refractivity contribution in [3.8, 4) is 16.3 Å². The summed E-state index contributed by atoms with van der Waals surface area (Å²) in [5.74, 6) is 0.910. The zero-order valence-electron chi connectivity index (χ0n) is 11.1. The number of rotatable bonds is 4. The highest BCUT2D eigenvalue weighted by Gasteiger charge is 2.11. The lowest BCUT2D eigenvalue weighted by molar-refractivity contribution is 0.411. The molecule has 1 aromatic carbocycles. The van der Waals surface area contributed by atoms with Crippen LogP contribution >= 0.6 is 11.3 Å². The maximum Gasteiger partial charge on any atom is 0.205 e. The molecule has 0 unspecified atom stereocenters. The van der Waals surface area contributed by atoms with E-state index in [1.165, 1.54) is 0 Å². The van der Waals surface area contributed by atoms with Gasteiger partial charge in [0.05, 0.1) is 7.11 Å². The third kappa shape index (κ3) is 2.46. The summed E-state index contributed by atoms with van der Waals surface area (Å²) in [5, 5.41) is 13.3. The van der Waals surface area contributed by atoms with Gasteiger partial charge >= 0.3 is 0 Å². The Bertz CT molecular complexity index is 551. The van der Waals surface area contributed by atoms with Crippen LogP contribution < -0.4 is 10.1 Å². The largest absolute Gasteiger partial charge is 0.496 e. The van der Waals surface area contributed by atoms with Crippen LogP contribution in [-0.4, -0.2) is 23.9 Å². The first-order chi connectivity index (χ1) is 8.65. The molecule has 1 heterocycles. The topological polar surface area (TPSA) is 47.0 Å². The third-order valence-corrected chi connectivity index (χ3v) is 3.64. The van der Waals surface area contributed by atoms with E-state index in [2.05, 4.69) is 28.5 Å². The molecule has 0 radical (unpaired) electrons. The molecule has 18 heavy (non-hydrogen) atoms. The maximum atomic E-state index is 5.32. The molecule has 0 saturated heterocycles. The van der Waals surface area contributed by atoms with Gasteiger partial charge in [0.25, 0.3) is 0 Å². The van der Waals surface area contributed by atoms with Crippen molar-refractivity contribution in [1.82, 2.24) is 10.2 Å². The van der Waals surface area contributed by atoms with E-state index in [-0.39, 0.29) is 0 Å². The van der Waals surface area contributed by atoms with Gasteiger partial charge in [0.15, 0.2) is 0 Å². The average Bonchev–Trinajstić information content (AvgIpc) is 2.80. The van der Waals surface area contributed by atoms with Gasteiger partial charge in [-0.25, -0.2) is 0 Å². The van der Waals surface area contributed by atoms with Crippen LogP contribution in [0.4, 0.5) is 5.13 Å². The van der Waals surface area contributed by atoms with Gasteiger partial charge in [-0.1, -0.05) is 11.3 Å². The molecular weight excluding hydrogens is 246 g/mol. The molecule has 0 fully saturated rings. The Balaban J connectivity index is 2.40. The molecule has 96 valence electrons. The molecule has 0 bridgehead atoms. The zero-order chi connectivity index (χ0) is 13.1. The number of hydrogen-bond acceptors (Lipinski definition) is 5. The Labute approximate surface area is 111 Å². The van der Waals surface area contributed by atoms with Crippen molar-refractivity contribution in [2.24, 2.45) is 0 Å². The highest BCUT2D eigenvalue weighted by Crippen LogP contribution is 2.32. The number of hydrogen-bond donors (Lipinski definition) is 1. The number of benzene rings is 1. The quantitative estimate of drug-likeness (QED) is 0.919. The van der Waals surface area contributed by atoms with Gasteiger partial charge < -0.3 is 10.1 Å². The number of nitrogens with one attached hydrogen (secondary N) is 1. The summed E-state index contributed by atoms with van der Waals surface area (Å²) in [4.78, 5) is 0. The summed E-state index contributed by atoms with van der Waals surface area (Å²) in [6.07, 6.45) is 0. The summed E-state index contributed by atoms with van der Waals surface area (Å²) in [6.45, 7) is 7.00. The van der Waals surface area contributed by atoms with E-state index in [0.717, 1.165) is 39.1 Å². The lowest BCUT2D eigenvalue weighted by Gasteiger charge is -2.08. The molecule has 0 aliphatic rings. The van der Waals surface area contributed by atoms with E-state index in [4.69, 9.17) is 4.74 Å². The summed E-state index contributed by atoms with van der Waals surface area (Å²) < 4.78 is 5.32. The lowest BCUT2D eigenvalue weighted by atomic mass is 10.1. The van der Waals surface area contributed by atoms with E-state index in [1.807, 2.05) is 19.9 Å². The molecule has 2 aromatic rings. The standard InChI is InChI=1S/C13H17N3OS/c1-5-14-13-16-15-12(18-13)10-6-9(3)11(17-4)7-8(10)2/h6-7H,5H2,1-4H3,(H,14,16). The predicted octanol–water partition coefficient (Wildman–Crippen LogP) is 3.26. The fourth-order valence-electron chi connectivity index (χ4n) is 1.79. The average molecular weight is 263 g/mol. The minimum atomic E-state index is 0.856. The van der Waals surface area contributed by atoms with Crippen molar-refractivity contribution < 1.29 is 4.74 Å². The Morgan fingerprint density at radius 1 is 1.22 bits per heavy atom. The molecule has 0 aliphatic heterocycles. The number of aromatic nitrogens is 2. The van der Waals surface area contributed by atoms with E-state index >= 15 is 0 Å². The van der Waals surface area contributed by atoms with Crippen LogP contribution in [0.15, 0.2) is 12.1 Å². The molecule has 1 N–H and O–H groups in total. The first kappa shape index (κ1) is 12.8. The van der Waals surface area contributed by atoms with Gasteiger partial charge in [-0.2, -0.15) is 0 Å². The van der Waals surface area contributed by atoms with Crippen molar-refractivity contribution in [2.75, 3.05) is 19.0 Å². The Hall–Kier alpha value is -1.62. The molecule has 0 aliphatic carbocycles. The van der Waals surface area contributed by atoms with E-state index in [9.17, 15) is 0 Å². The number of methoxy groups -OCH3 is 1. The minimum absolute atomic E-state index is 0.856. The van der Waals surface area contributed by atoms with Crippen LogP contribution in [0.5, 0.6) is 5.75 Å². The van der Waals surface area contributed by atoms with E-state index in [0.29, 0.717) is 0 Å². The second-order valence-corrected chi connectivity index (χ2v) is 5.06. The minimum Gasteiger partial charge on any atom is -0.496 e. The van der Waals surface area contributed by atoms with Crippen molar-refractivity contribution >= 4 is 16.5 Å². The SMILES string of the molecule is CCNc1nnc(-c2cc(C)c(OC)cc2C)s1. The highest BCUT2D eigenvalue weighted by atomic mass is 32.1. The molecule has 2 rings (SSSR count). The zero-order valence-corrected chi connectivity index (χ0v) is 11.9. The second kappa shape index (κ2) is 5.35. The third-order valence-electron chi connectivity index (χ3n) is 2.73. The second-order valence-electron chi connectivity index (χ2n) is 4.08. The molecule has 5 heteroatoms. The van der Waals surface area contributed by atoms with Crippen molar-refractivity contribution in [2.45, 2.75) is 20.8 Å². The first-order valence-electron chi connectivity index (χ1n) is 5.88. The predicted molar refractivity (Wildman–Crippen MR) is 75.5 cm³/mol. The molecular formula is C13H17N3OS. The Kier molecular flexibility index (Phi) is 3.81. The normalized spacial score (nSPS) is 10.4. The number of anilines is 1. The van der Waals surface area contributed by atoms with Crippen LogP contribution in [0.25, 0.3) is 10.6 Å². The fourth-order valence-corrected chi connectivity index (χ4v) is 2.69. The molecule has 0 spiro atoms. The Morgan fingerprint density at radius 3 is 2.67 bits per heavy atom. The van der Waals surface area contributed by atoms with Gasteiger partial charge in [0.1, 0.15) is 10.8 Å². The molecule has 0 amide bonds. The van der Waals surface area contributed by atoms with Crippen LogP contribution in [0.2, 0.25) is 0 Å². The van der Waals surface area contributed by atoms with Crippen molar-refractivity contribution in [1.29, 1.82) is 0 Å². The van der Waals surface area contributed by atoms with Crippen molar-refractivity contribution in [3.05, 3.63) is 23.3 Å². The van der Waals surface area contributed by atoms with Gasteiger partial charge in [0, 0.05) is 12.1 Å². The van der Waals surface area contributed by atoms with Gasteiger partial charge in [0.2, 0.25) is 5.13 Å². The summed E-state index contributed by atoms with van der Waals surface area (Å²) in [7, 11) is 1.69. The fraction of sp³-hybridized carbons (Fsp3) is 0.385. The van der Waals surface area contributed by atoms with Gasteiger partial charge in [-0.05, 0) is 44.0 Å². The molecule has 1 aromatic heterocycles. The summed E-state index contributed by atoms with van der Waals surface area (Å²) in [5.41, 5.74) is 3.38. The monoisotopic (exact) mass is 263 g/mol. The first-order valence-corrected chi connectivity index (χ1v) is 6.70. The number of ether oxygens (including phenoxy) is 1. The smallest absolute Gasteiger partial charge is 0.205 e. The maximum absolute atomic E-state index is 5.32. The van der Waals surface area contributed by atoms with E-state index < -0.39 is 0 Å². The summed E-state index contributed by atoms with van der Waals surface area (Å²) >= 11 is 1.57.